The van der Waals surface area contributed by atoms with Gasteiger partial charge in [-0.2, -0.15) is 0 Å². The van der Waals surface area contributed by atoms with Crippen molar-refractivity contribution in [2.24, 2.45) is 0 Å². The van der Waals surface area contributed by atoms with E-state index in [4.69, 9.17) is 14.2 Å². The zero-order valence-corrected chi connectivity index (χ0v) is 17.0. The van der Waals surface area contributed by atoms with Crippen LogP contribution in [0, 0.1) is 10.5 Å². The molecule has 0 heterocycles. The fourth-order valence-electron chi connectivity index (χ4n) is 2.17. The van der Waals surface area contributed by atoms with Gasteiger partial charge in [0.15, 0.2) is 11.5 Å². The molecule has 0 spiro atoms. The Hall–Kier alpha value is -2.28. The number of aryl methyl sites for hydroxylation is 1. The molecule has 4 nitrogen and oxygen atoms in total. The summed E-state index contributed by atoms with van der Waals surface area (Å²) < 4.78 is 17.2. The minimum atomic E-state index is -0.418. The highest BCUT2D eigenvalue weighted by atomic mass is 127. The maximum atomic E-state index is 11.6. The quantitative estimate of drug-likeness (QED) is 0.241. The van der Waals surface area contributed by atoms with Gasteiger partial charge in [-0.05, 0) is 58.9 Å². The van der Waals surface area contributed by atoms with Crippen molar-refractivity contribution in [2.45, 2.75) is 13.5 Å². The molecule has 0 radical (unpaired) electrons. The number of carbonyl (C=O) groups is 1. The average molecular weight is 464 g/mol. The van der Waals surface area contributed by atoms with Crippen molar-refractivity contribution in [3.8, 4) is 11.5 Å². The topological polar surface area (TPSA) is 44.8 Å². The van der Waals surface area contributed by atoms with Crippen molar-refractivity contribution in [3.05, 3.63) is 75.4 Å². The van der Waals surface area contributed by atoms with Gasteiger partial charge in [-0.15, -0.1) is 0 Å². The molecule has 0 unspecified atom stereocenters. The lowest BCUT2D eigenvalue weighted by atomic mass is 10.1. The zero-order valence-electron chi connectivity index (χ0n) is 14.8. The molecule has 0 aliphatic carbocycles. The molecule has 0 aliphatic heterocycles. The first-order valence-corrected chi connectivity index (χ1v) is 9.13. The van der Waals surface area contributed by atoms with E-state index in [2.05, 4.69) is 48.2 Å². The Morgan fingerprint density at radius 3 is 2.62 bits per heavy atom. The summed E-state index contributed by atoms with van der Waals surface area (Å²) in [5, 5.41) is 0. The lowest BCUT2D eigenvalue weighted by Gasteiger charge is -2.14. The van der Waals surface area contributed by atoms with E-state index in [1.165, 1.54) is 17.7 Å². The number of hydrogen-bond acceptors (Lipinski definition) is 4. The Morgan fingerprint density at radius 1 is 1.23 bits per heavy atom. The van der Waals surface area contributed by atoms with E-state index >= 15 is 0 Å². The molecule has 0 amide bonds. The van der Waals surface area contributed by atoms with Gasteiger partial charge in [0.1, 0.15) is 13.2 Å². The molecule has 0 saturated heterocycles. The van der Waals surface area contributed by atoms with E-state index in [1.54, 1.807) is 13.2 Å². The summed E-state index contributed by atoms with van der Waals surface area (Å²) in [6.45, 7) is 6.20. The number of rotatable bonds is 8. The molecule has 0 N–H and O–H groups in total. The second-order valence-corrected chi connectivity index (χ2v) is 6.72. The molecule has 2 aromatic carbocycles. The fourth-order valence-corrected chi connectivity index (χ4v) is 2.95. The summed E-state index contributed by atoms with van der Waals surface area (Å²) >= 11 is 2.19. The second kappa shape index (κ2) is 10.0. The predicted octanol–water partition coefficient (Wildman–Crippen LogP) is 4.93. The summed E-state index contributed by atoms with van der Waals surface area (Å²) in [5.74, 6) is 0.877. The van der Waals surface area contributed by atoms with Gasteiger partial charge >= 0.3 is 5.97 Å². The third-order valence-electron chi connectivity index (χ3n) is 3.51. The SMILES string of the molecule is C=CCOC(=O)/C=C/c1cc(I)c(OCc2ccc(C)cc2)c(OC)c1. The minimum absolute atomic E-state index is 0.190. The van der Waals surface area contributed by atoms with Crippen LogP contribution in [0.25, 0.3) is 6.08 Å². The normalized spacial score (nSPS) is 10.6. The van der Waals surface area contributed by atoms with Crippen LogP contribution in [0.3, 0.4) is 0 Å². The number of esters is 1. The molecule has 26 heavy (non-hydrogen) atoms. The van der Waals surface area contributed by atoms with Crippen LogP contribution in [-0.2, 0) is 16.1 Å². The first-order chi connectivity index (χ1) is 12.5. The first kappa shape index (κ1) is 20.0. The van der Waals surface area contributed by atoms with Crippen LogP contribution < -0.4 is 9.47 Å². The van der Waals surface area contributed by atoms with Crippen molar-refractivity contribution >= 4 is 34.6 Å². The lowest BCUT2D eigenvalue weighted by Crippen LogP contribution is -2.01. The molecule has 0 fully saturated rings. The molecular formula is C21H21IO4. The fraction of sp³-hybridized carbons (Fsp3) is 0.190. The molecule has 0 saturated carbocycles. The number of methoxy groups -OCH3 is 1. The Morgan fingerprint density at radius 2 is 1.96 bits per heavy atom. The summed E-state index contributed by atoms with van der Waals surface area (Å²) in [4.78, 5) is 11.6. The maximum absolute atomic E-state index is 11.6. The van der Waals surface area contributed by atoms with E-state index in [9.17, 15) is 4.79 Å². The van der Waals surface area contributed by atoms with Gasteiger partial charge in [0.2, 0.25) is 0 Å². The van der Waals surface area contributed by atoms with Crippen molar-refractivity contribution in [2.75, 3.05) is 13.7 Å². The van der Waals surface area contributed by atoms with Crippen molar-refractivity contribution in [1.82, 2.24) is 0 Å². The number of halogens is 1. The summed E-state index contributed by atoms with van der Waals surface area (Å²) in [7, 11) is 1.59. The minimum Gasteiger partial charge on any atom is -0.493 e. The molecule has 2 aromatic rings. The third kappa shape index (κ3) is 5.91. The van der Waals surface area contributed by atoms with Gasteiger partial charge in [0, 0.05) is 6.08 Å². The van der Waals surface area contributed by atoms with Gasteiger partial charge in [-0.25, -0.2) is 4.79 Å². The predicted molar refractivity (Wildman–Crippen MR) is 111 cm³/mol. The highest BCUT2D eigenvalue weighted by molar-refractivity contribution is 14.1. The molecule has 0 bridgehead atoms. The molecule has 0 aliphatic rings. The van der Waals surface area contributed by atoms with E-state index in [-0.39, 0.29) is 6.61 Å². The monoisotopic (exact) mass is 464 g/mol. The molecule has 2 rings (SSSR count). The van der Waals surface area contributed by atoms with Crippen LogP contribution in [0.4, 0.5) is 0 Å². The highest BCUT2D eigenvalue weighted by Crippen LogP contribution is 2.35. The smallest absolute Gasteiger partial charge is 0.331 e. The van der Waals surface area contributed by atoms with Crippen LogP contribution in [0.15, 0.2) is 55.1 Å². The van der Waals surface area contributed by atoms with Gasteiger partial charge in [-0.1, -0.05) is 42.5 Å². The van der Waals surface area contributed by atoms with Crippen LogP contribution >= 0.6 is 22.6 Å². The third-order valence-corrected chi connectivity index (χ3v) is 4.31. The Balaban J connectivity index is 2.12. The van der Waals surface area contributed by atoms with Crippen molar-refractivity contribution in [1.29, 1.82) is 0 Å². The molecular weight excluding hydrogens is 443 g/mol. The lowest BCUT2D eigenvalue weighted by molar-refractivity contribution is -0.136. The number of carbonyl (C=O) groups excluding carboxylic acids is 1. The summed E-state index contributed by atoms with van der Waals surface area (Å²) in [5.41, 5.74) is 3.12. The Labute approximate surface area is 167 Å². The zero-order chi connectivity index (χ0) is 18.9. The first-order valence-electron chi connectivity index (χ1n) is 8.05. The second-order valence-electron chi connectivity index (χ2n) is 5.56. The van der Waals surface area contributed by atoms with Crippen LogP contribution in [-0.4, -0.2) is 19.7 Å². The van der Waals surface area contributed by atoms with Crippen molar-refractivity contribution in [3.63, 3.8) is 0 Å². The average Bonchev–Trinajstić information content (AvgIpc) is 2.64. The maximum Gasteiger partial charge on any atom is 0.331 e. The van der Waals surface area contributed by atoms with Gasteiger partial charge in [-0.3, -0.25) is 0 Å². The molecule has 136 valence electrons. The number of benzene rings is 2. The Bertz CT molecular complexity index is 794. The number of ether oxygens (including phenoxy) is 3. The Kier molecular flexibility index (Phi) is 7.72. The van der Waals surface area contributed by atoms with Gasteiger partial charge < -0.3 is 14.2 Å². The standard InChI is InChI=1S/C21H21IO4/c1-4-11-25-20(23)10-9-17-12-18(22)21(19(13-17)24-3)26-14-16-7-5-15(2)6-8-16/h4-10,12-13H,1,11,14H2,2-3H3/b10-9+. The highest BCUT2D eigenvalue weighted by Gasteiger charge is 2.11. The van der Waals surface area contributed by atoms with Gasteiger partial charge in [0.05, 0.1) is 10.7 Å². The van der Waals surface area contributed by atoms with Crippen LogP contribution in [0.2, 0.25) is 0 Å². The van der Waals surface area contributed by atoms with Crippen LogP contribution in [0.1, 0.15) is 16.7 Å². The largest absolute Gasteiger partial charge is 0.493 e. The van der Waals surface area contributed by atoms with E-state index in [0.29, 0.717) is 18.1 Å². The summed E-state index contributed by atoms with van der Waals surface area (Å²) in [6.07, 6.45) is 4.58. The van der Waals surface area contributed by atoms with Crippen LogP contribution in [0.5, 0.6) is 11.5 Å². The van der Waals surface area contributed by atoms with Crippen molar-refractivity contribution < 1.29 is 19.0 Å². The van der Waals surface area contributed by atoms with E-state index < -0.39 is 5.97 Å². The van der Waals surface area contributed by atoms with E-state index in [1.807, 2.05) is 24.3 Å². The summed E-state index contributed by atoms with van der Waals surface area (Å²) in [6, 6.07) is 11.9. The molecule has 5 heteroatoms. The molecule has 0 atom stereocenters. The number of hydrogen-bond donors (Lipinski definition) is 0. The molecule has 0 aromatic heterocycles. The van der Waals surface area contributed by atoms with Gasteiger partial charge in [0.25, 0.3) is 0 Å². The van der Waals surface area contributed by atoms with E-state index in [0.717, 1.165) is 14.7 Å².